The predicted molar refractivity (Wildman–Crippen MR) is 114 cm³/mol. The lowest BCUT2D eigenvalue weighted by molar-refractivity contribution is -0.134. The van der Waals surface area contributed by atoms with Crippen LogP contribution in [0.2, 0.25) is 0 Å². The van der Waals surface area contributed by atoms with Gasteiger partial charge in [0.2, 0.25) is 21.8 Å². The van der Waals surface area contributed by atoms with Crippen molar-refractivity contribution >= 4 is 27.5 Å². The SMILES string of the molecule is Cc1noc(C)c1S(=O)(=O)N[C@@H](C)C(=O)N1CCN(CC(=O)Nc2ccc(F)cc2)CC1. The minimum absolute atomic E-state index is 0.0610. The average Bonchev–Trinajstić information content (AvgIpc) is 3.08. The Balaban J connectivity index is 1.49. The third-order valence-corrected chi connectivity index (χ3v) is 6.90. The molecule has 1 aromatic carbocycles. The molecule has 1 aliphatic heterocycles. The van der Waals surface area contributed by atoms with Gasteiger partial charge >= 0.3 is 0 Å². The van der Waals surface area contributed by atoms with Gasteiger partial charge in [-0.05, 0) is 45.0 Å². The Morgan fingerprint density at radius 2 is 1.78 bits per heavy atom. The number of sulfonamides is 1. The molecule has 1 aliphatic rings. The standard InChI is InChI=1S/C20H26FN5O5S/c1-13-19(15(3)31-23-13)32(29,30)24-14(2)20(28)26-10-8-25(9-11-26)12-18(27)22-17-6-4-16(21)5-7-17/h4-7,14,24H,8-12H2,1-3H3,(H,22,27)/t14-/m0/s1. The second-order valence-corrected chi connectivity index (χ2v) is 9.30. The summed E-state index contributed by atoms with van der Waals surface area (Å²) in [5.41, 5.74) is 0.729. The molecule has 0 radical (unpaired) electrons. The first-order valence-electron chi connectivity index (χ1n) is 10.1. The fraction of sp³-hybridized carbons (Fsp3) is 0.450. The molecular formula is C20H26FN5O5S. The van der Waals surface area contributed by atoms with Crippen LogP contribution in [0, 0.1) is 19.7 Å². The van der Waals surface area contributed by atoms with E-state index in [1.807, 2.05) is 4.90 Å². The first-order chi connectivity index (χ1) is 15.1. The number of amides is 2. The van der Waals surface area contributed by atoms with Crippen LogP contribution >= 0.6 is 0 Å². The molecule has 0 unspecified atom stereocenters. The van der Waals surface area contributed by atoms with Crippen LogP contribution in [-0.2, 0) is 19.6 Å². The summed E-state index contributed by atoms with van der Waals surface area (Å²) < 4.78 is 45.5. The van der Waals surface area contributed by atoms with Crippen LogP contribution in [0.15, 0.2) is 33.7 Å². The molecule has 2 aromatic rings. The summed E-state index contributed by atoms with van der Waals surface area (Å²) >= 11 is 0. The molecule has 1 aromatic heterocycles. The molecule has 0 aliphatic carbocycles. The van der Waals surface area contributed by atoms with Crippen molar-refractivity contribution in [2.75, 3.05) is 38.0 Å². The molecule has 0 spiro atoms. The van der Waals surface area contributed by atoms with E-state index in [4.69, 9.17) is 4.52 Å². The van der Waals surface area contributed by atoms with E-state index in [2.05, 4.69) is 15.2 Å². The number of carbonyl (C=O) groups is 2. The molecule has 12 heteroatoms. The topological polar surface area (TPSA) is 125 Å². The van der Waals surface area contributed by atoms with Crippen molar-refractivity contribution in [3.05, 3.63) is 41.5 Å². The third kappa shape index (κ3) is 5.69. The van der Waals surface area contributed by atoms with Crippen LogP contribution in [0.4, 0.5) is 10.1 Å². The zero-order valence-electron chi connectivity index (χ0n) is 18.1. The Morgan fingerprint density at radius 3 is 2.34 bits per heavy atom. The molecule has 0 saturated carbocycles. The van der Waals surface area contributed by atoms with E-state index in [-0.39, 0.29) is 40.5 Å². The fourth-order valence-electron chi connectivity index (χ4n) is 3.54. The molecule has 2 N–H and O–H groups in total. The largest absolute Gasteiger partial charge is 0.360 e. The van der Waals surface area contributed by atoms with E-state index < -0.39 is 16.1 Å². The number of rotatable bonds is 7. The summed E-state index contributed by atoms with van der Waals surface area (Å²) in [7, 11) is -3.96. The number of anilines is 1. The molecule has 1 saturated heterocycles. The smallest absolute Gasteiger partial charge is 0.246 e. The summed E-state index contributed by atoms with van der Waals surface area (Å²) in [5.74, 6) is -0.818. The average molecular weight is 468 g/mol. The van der Waals surface area contributed by atoms with Gasteiger partial charge in [-0.3, -0.25) is 14.5 Å². The van der Waals surface area contributed by atoms with Crippen molar-refractivity contribution in [1.29, 1.82) is 0 Å². The lowest BCUT2D eigenvalue weighted by Gasteiger charge is -2.35. The van der Waals surface area contributed by atoms with Crippen molar-refractivity contribution in [2.24, 2.45) is 0 Å². The van der Waals surface area contributed by atoms with Gasteiger partial charge in [0.25, 0.3) is 0 Å². The monoisotopic (exact) mass is 467 g/mol. The van der Waals surface area contributed by atoms with Gasteiger partial charge in [-0.2, -0.15) is 4.72 Å². The molecule has 0 bridgehead atoms. The number of aromatic nitrogens is 1. The molecule has 10 nitrogen and oxygen atoms in total. The van der Waals surface area contributed by atoms with Crippen molar-refractivity contribution < 1.29 is 26.9 Å². The van der Waals surface area contributed by atoms with E-state index in [0.29, 0.717) is 31.9 Å². The maximum absolute atomic E-state index is 13.0. The predicted octanol–water partition coefficient (Wildman–Crippen LogP) is 0.880. The Bertz CT molecular complexity index is 1060. The lowest BCUT2D eigenvalue weighted by atomic mass is 10.2. The van der Waals surface area contributed by atoms with Gasteiger partial charge in [0.1, 0.15) is 16.4 Å². The van der Waals surface area contributed by atoms with Gasteiger partial charge in [-0.15, -0.1) is 0 Å². The zero-order chi connectivity index (χ0) is 23.5. The molecule has 3 rings (SSSR count). The Kier molecular flexibility index (Phi) is 7.26. The van der Waals surface area contributed by atoms with Crippen LogP contribution in [0.3, 0.4) is 0 Å². The number of aryl methyl sites for hydroxylation is 2. The van der Waals surface area contributed by atoms with Crippen molar-refractivity contribution in [1.82, 2.24) is 19.7 Å². The normalized spacial score (nSPS) is 16.1. The van der Waals surface area contributed by atoms with Crippen molar-refractivity contribution in [3.8, 4) is 0 Å². The van der Waals surface area contributed by atoms with Crippen LogP contribution < -0.4 is 10.0 Å². The van der Waals surface area contributed by atoms with E-state index in [0.717, 1.165) is 0 Å². The number of nitrogens with zero attached hydrogens (tertiary/aromatic N) is 3. The number of piperazine rings is 1. The highest BCUT2D eigenvalue weighted by molar-refractivity contribution is 7.89. The number of halogens is 1. The lowest BCUT2D eigenvalue weighted by Crippen LogP contribution is -2.55. The van der Waals surface area contributed by atoms with Crippen LogP contribution in [0.1, 0.15) is 18.4 Å². The number of hydrogen-bond acceptors (Lipinski definition) is 7. The minimum Gasteiger partial charge on any atom is -0.360 e. The summed E-state index contributed by atoms with van der Waals surface area (Å²) in [6, 6.07) is 4.52. The number of nitrogens with one attached hydrogen (secondary N) is 2. The number of benzene rings is 1. The van der Waals surface area contributed by atoms with Gasteiger partial charge in [0.15, 0.2) is 5.76 Å². The van der Waals surface area contributed by atoms with Gasteiger partial charge in [0, 0.05) is 31.9 Å². The third-order valence-electron chi connectivity index (χ3n) is 5.12. The first-order valence-corrected chi connectivity index (χ1v) is 11.6. The highest BCUT2D eigenvalue weighted by Gasteiger charge is 2.31. The summed E-state index contributed by atoms with van der Waals surface area (Å²) in [6.45, 7) is 6.28. The zero-order valence-corrected chi connectivity index (χ0v) is 18.9. The Hall–Kier alpha value is -2.83. The van der Waals surface area contributed by atoms with Gasteiger partial charge in [-0.25, -0.2) is 12.8 Å². The van der Waals surface area contributed by atoms with Crippen molar-refractivity contribution in [2.45, 2.75) is 31.7 Å². The second kappa shape index (κ2) is 9.76. The van der Waals surface area contributed by atoms with E-state index in [9.17, 15) is 22.4 Å². The second-order valence-electron chi connectivity index (χ2n) is 7.65. The fourth-order valence-corrected chi connectivity index (χ4v) is 5.06. The van der Waals surface area contributed by atoms with Crippen LogP contribution in [-0.4, -0.2) is 74.0 Å². The molecule has 32 heavy (non-hydrogen) atoms. The number of carbonyl (C=O) groups excluding carboxylic acids is 2. The molecule has 1 fully saturated rings. The number of hydrogen-bond donors (Lipinski definition) is 2. The Labute approximate surface area is 185 Å². The van der Waals surface area contributed by atoms with Gasteiger partial charge in [0.05, 0.1) is 12.6 Å². The maximum Gasteiger partial charge on any atom is 0.246 e. The van der Waals surface area contributed by atoms with Crippen LogP contribution in [0.25, 0.3) is 0 Å². The summed E-state index contributed by atoms with van der Waals surface area (Å²) in [5, 5.41) is 6.34. The quantitative estimate of drug-likeness (QED) is 0.619. The first kappa shape index (κ1) is 23.8. The highest BCUT2D eigenvalue weighted by atomic mass is 32.2. The molecule has 2 amide bonds. The molecule has 1 atom stereocenters. The van der Waals surface area contributed by atoms with Gasteiger partial charge < -0.3 is 14.7 Å². The summed E-state index contributed by atoms with van der Waals surface area (Å²) in [6.07, 6.45) is 0. The van der Waals surface area contributed by atoms with E-state index in [1.165, 1.54) is 45.0 Å². The van der Waals surface area contributed by atoms with E-state index >= 15 is 0 Å². The molecule has 2 heterocycles. The molecule has 174 valence electrons. The van der Waals surface area contributed by atoms with Gasteiger partial charge in [-0.1, -0.05) is 5.16 Å². The Morgan fingerprint density at radius 1 is 1.16 bits per heavy atom. The van der Waals surface area contributed by atoms with Crippen LogP contribution in [0.5, 0.6) is 0 Å². The minimum atomic E-state index is -3.96. The molecular weight excluding hydrogens is 441 g/mol. The summed E-state index contributed by atoms with van der Waals surface area (Å²) in [4.78, 5) is 28.3. The van der Waals surface area contributed by atoms with Crippen molar-refractivity contribution in [3.63, 3.8) is 0 Å². The van der Waals surface area contributed by atoms with E-state index in [1.54, 1.807) is 4.90 Å². The highest BCUT2D eigenvalue weighted by Crippen LogP contribution is 2.19. The maximum atomic E-state index is 13.0.